The third kappa shape index (κ3) is 4.46. The van der Waals surface area contributed by atoms with Crippen molar-refractivity contribution in [3.63, 3.8) is 0 Å². The maximum Gasteiger partial charge on any atom is 0.243 e. The zero-order valence-electron chi connectivity index (χ0n) is 9.82. The summed E-state index contributed by atoms with van der Waals surface area (Å²) in [4.78, 5) is -0.325. The molecule has 0 saturated heterocycles. The Kier molecular flexibility index (Phi) is 5.48. The molecule has 5 nitrogen and oxygen atoms in total. The smallest absolute Gasteiger partial charge is 0.243 e. The van der Waals surface area contributed by atoms with Gasteiger partial charge in [0, 0.05) is 11.6 Å². The number of aliphatic hydroxyl groups is 2. The molecule has 1 unspecified atom stereocenters. The van der Waals surface area contributed by atoms with E-state index < -0.39 is 22.2 Å². The van der Waals surface area contributed by atoms with Crippen molar-refractivity contribution in [1.29, 1.82) is 0 Å². The molecule has 0 spiro atoms. The summed E-state index contributed by atoms with van der Waals surface area (Å²) < 4.78 is 26.2. The standard InChI is InChI=1S/C10H12Cl3NO4S/c1-10(16,5-15)4-14-19(17,18)9-7(12)2-6(11)3-8(9)13/h2-3,14-16H,4-5H2,1H3. The van der Waals surface area contributed by atoms with Crippen molar-refractivity contribution >= 4 is 44.8 Å². The van der Waals surface area contributed by atoms with E-state index in [9.17, 15) is 13.5 Å². The Balaban J connectivity index is 3.09. The summed E-state index contributed by atoms with van der Waals surface area (Å²) in [5.41, 5.74) is -1.58. The number of benzene rings is 1. The third-order valence-corrected chi connectivity index (χ3v) is 4.76. The maximum absolute atomic E-state index is 12.0. The molecule has 0 saturated carbocycles. The lowest BCUT2D eigenvalue weighted by atomic mass is 10.1. The van der Waals surface area contributed by atoms with Crippen molar-refractivity contribution in [2.75, 3.05) is 13.2 Å². The van der Waals surface area contributed by atoms with E-state index in [0.717, 1.165) is 0 Å². The molecule has 0 aromatic heterocycles. The first kappa shape index (κ1) is 17.0. The molecular formula is C10H12Cl3NO4S. The van der Waals surface area contributed by atoms with Crippen LogP contribution >= 0.6 is 34.8 Å². The molecule has 1 aromatic rings. The molecule has 3 N–H and O–H groups in total. The number of nitrogens with one attached hydrogen (secondary N) is 1. The van der Waals surface area contributed by atoms with E-state index >= 15 is 0 Å². The van der Waals surface area contributed by atoms with Gasteiger partial charge in [-0.15, -0.1) is 0 Å². The van der Waals surface area contributed by atoms with E-state index in [4.69, 9.17) is 39.9 Å². The van der Waals surface area contributed by atoms with Crippen LogP contribution in [0.3, 0.4) is 0 Å². The minimum absolute atomic E-state index is 0.131. The van der Waals surface area contributed by atoms with Gasteiger partial charge in [0.15, 0.2) is 0 Å². The highest BCUT2D eigenvalue weighted by Crippen LogP contribution is 2.32. The van der Waals surface area contributed by atoms with Gasteiger partial charge in [-0.1, -0.05) is 34.8 Å². The van der Waals surface area contributed by atoms with Crippen LogP contribution in [0.2, 0.25) is 15.1 Å². The first-order valence-electron chi connectivity index (χ1n) is 5.06. The predicted octanol–water partition coefficient (Wildman–Crippen LogP) is 1.67. The number of rotatable bonds is 5. The number of halogens is 3. The summed E-state index contributed by atoms with van der Waals surface area (Å²) in [5.74, 6) is 0. The molecule has 1 atom stereocenters. The molecule has 1 rings (SSSR count). The van der Waals surface area contributed by atoms with Crippen molar-refractivity contribution < 1.29 is 18.6 Å². The van der Waals surface area contributed by atoms with Crippen molar-refractivity contribution in [3.05, 3.63) is 27.2 Å². The molecule has 1 aromatic carbocycles. The SMILES string of the molecule is CC(O)(CO)CNS(=O)(=O)c1c(Cl)cc(Cl)cc1Cl. The molecule has 9 heteroatoms. The van der Waals surface area contributed by atoms with Crippen LogP contribution in [-0.4, -0.2) is 37.4 Å². The molecule has 0 radical (unpaired) electrons. The van der Waals surface area contributed by atoms with Crippen LogP contribution in [0.5, 0.6) is 0 Å². The Morgan fingerprint density at radius 2 is 1.74 bits per heavy atom. The fraction of sp³-hybridized carbons (Fsp3) is 0.400. The lowest BCUT2D eigenvalue weighted by Gasteiger charge is -2.21. The van der Waals surface area contributed by atoms with Crippen molar-refractivity contribution in [3.8, 4) is 0 Å². The van der Waals surface area contributed by atoms with Crippen LogP contribution in [-0.2, 0) is 10.0 Å². The van der Waals surface area contributed by atoms with Gasteiger partial charge in [0.05, 0.1) is 22.3 Å². The van der Waals surface area contributed by atoms with Gasteiger partial charge in [-0.2, -0.15) is 0 Å². The topological polar surface area (TPSA) is 86.6 Å². The summed E-state index contributed by atoms with van der Waals surface area (Å²) in [6.45, 7) is 0.291. The normalized spacial score (nSPS) is 15.3. The van der Waals surface area contributed by atoms with Gasteiger partial charge in [-0.3, -0.25) is 0 Å². The zero-order valence-corrected chi connectivity index (χ0v) is 12.9. The molecule has 0 aliphatic rings. The van der Waals surface area contributed by atoms with Crippen molar-refractivity contribution in [1.82, 2.24) is 4.72 Å². The number of aliphatic hydroxyl groups excluding tert-OH is 1. The molecule has 0 aliphatic heterocycles. The van der Waals surface area contributed by atoms with Gasteiger partial charge in [0.25, 0.3) is 0 Å². The fourth-order valence-corrected chi connectivity index (χ4v) is 3.87. The van der Waals surface area contributed by atoms with E-state index in [-0.39, 0.29) is 26.5 Å². The minimum Gasteiger partial charge on any atom is -0.393 e. The van der Waals surface area contributed by atoms with Crippen LogP contribution in [0.4, 0.5) is 0 Å². The third-order valence-electron chi connectivity index (χ3n) is 2.22. The van der Waals surface area contributed by atoms with Gasteiger partial charge >= 0.3 is 0 Å². The summed E-state index contributed by atoms with van der Waals surface area (Å²) in [7, 11) is -4.03. The van der Waals surface area contributed by atoms with E-state index in [1.807, 2.05) is 0 Å². The number of hydrogen-bond donors (Lipinski definition) is 3. The van der Waals surface area contributed by atoms with Gasteiger partial charge in [0.2, 0.25) is 10.0 Å². The Morgan fingerprint density at radius 1 is 1.26 bits per heavy atom. The Bertz CT molecular complexity index is 551. The lowest BCUT2D eigenvalue weighted by molar-refractivity contribution is 0.00681. The quantitative estimate of drug-likeness (QED) is 0.755. The summed E-state index contributed by atoms with van der Waals surface area (Å²) in [5, 5.41) is 18.3. The first-order chi connectivity index (χ1) is 8.59. The van der Waals surface area contributed by atoms with Crippen LogP contribution in [0.15, 0.2) is 17.0 Å². The van der Waals surface area contributed by atoms with Gasteiger partial charge in [-0.25, -0.2) is 13.1 Å². The Labute approximate surface area is 126 Å². The first-order valence-corrected chi connectivity index (χ1v) is 7.68. The van der Waals surface area contributed by atoms with Crippen LogP contribution in [0.1, 0.15) is 6.92 Å². The zero-order chi connectivity index (χ0) is 14.8. The van der Waals surface area contributed by atoms with E-state index in [2.05, 4.69) is 4.72 Å². The number of sulfonamides is 1. The molecule has 0 heterocycles. The molecular weight excluding hydrogens is 337 g/mol. The van der Waals surface area contributed by atoms with Crippen LogP contribution < -0.4 is 4.72 Å². The Morgan fingerprint density at radius 3 is 2.16 bits per heavy atom. The van der Waals surface area contributed by atoms with Crippen molar-refractivity contribution in [2.24, 2.45) is 0 Å². The second-order valence-corrected chi connectivity index (χ2v) is 7.13. The van der Waals surface area contributed by atoms with E-state index in [0.29, 0.717) is 0 Å². The Hall–Kier alpha value is -0.0800. The van der Waals surface area contributed by atoms with E-state index in [1.165, 1.54) is 19.1 Å². The monoisotopic (exact) mass is 347 g/mol. The summed E-state index contributed by atoms with van der Waals surface area (Å²) in [6.07, 6.45) is 0. The van der Waals surface area contributed by atoms with Gasteiger partial charge in [0.1, 0.15) is 4.90 Å². The predicted molar refractivity (Wildman–Crippen MR) is 74.4 cm³/mol. The highest BCUT2D eigenvalue weighted by atomic mass is 35.5. The van der Waals surface area contributed by atoms with Crippen LogP contribution in [0, 0.1) is 0 Å². The largest absolute Gasteiger partial charge is 0.393 e. The van der Waals surface area contributed by atoms with Gasteiger partial charge in [-0.05, 0) is 19.1 Å². The summed E-state index contributed by atoms with van der Waals surface area (Å²) in [6, 6.07) is 2.49. The highest BCUT2D eigenvalue weighted by molar-refractivity contribution is 7.89. The van der Waals surface area contributed by atoms with E-state index in [1.54, 1.807) is 0 Å². The molecule has 19 heavy (non-hydrogen) atoms. The molecule has 0 amide bonds. The molecule has 108 valence electrons. The van der Waals surface area contributed by atoms with Crippen LogP contribution in [0.25, 0.3) is 0 Å². The molecule has 0 bridgehead atoms. The summed E-state index contributed by atoms with van der Waals surface area (Å²) >= 11 is 17.3. The fourth-order valence-electron chi connectivity index (χ4n) is 1.16. The highest BCUT2D eigenvalue weighted by Gasteiger charge is 2.26. The number of hydrogen-bond acceptors (Lipinski definition) is 4. The average molecular weight is 349 g/mol. The second kappa shape index (κ2) is 6.13. The van der Waals surface area contributed by atoms with Crippen molar-refractivity contribution in [2.45, 2.75) is 17.4 Å². The average Bonchev–Trinajstić information content (AvgIpc) is 2.25. The minimum atomic E-state index is -4.03. The second-order valence-electron chi connectivity index (χ2n) is 4.18. The maximum atomic E-state index is 12.0. The molecule has 0 aliphatic carbocycles. The molecule has 0 fully saturated rings. The van der Waals surface area contributed by atoms with Gasteiger partial charge < -0.3 is 10.2 Å². The lowest BCUT2D eigenvalue weighted by Crippen LogP contribution is -2.43.